The molecule has 0 unspecified atom stereocenters. The third kappa shape index (κ3) is 4.19. The molecule has 0 aliphatic carbocycles. The first-order chi connectivity index (χ1) is 14.5. The summed E-state index contributed by atoms with van der Waals surface area (Å²) >= 11 is 15.6. The zero-order valence-electron chi connectivity index (χ0n) is 15.8. The highest BCUT2D eigenvalue weighted by molar-refractivity contribution is 9.10. The number of anilines is 1. The van der Waals surface area contributed by atoms with Crippen molar-refractivity contribution in [3.63, 3.8) is 0 Å². The number of para-hydroxylation sites is 1. The number of carbonyl (C=O) groups excluding carboxylic acids is 1. The van der Waals surface area contributed by atoms with Crippen molar-refractivity contribution in [1.29, 1.82) is 0 Å². The highest BCUT2D eigenvalue weighted by Gasteiger charge is 2.23. The van der Waals surface area contributed by atoms with E-state index < -0.39 is 0 Å². The maximum atomic E-state index is 12.4. The van der Waals surface area contributed by atoms with E-state index in [-0.39, 0.29) is 5.91 Å². The Morgan fingerprint density at radius 1 is 1.07 bits per heavy atom. The Morgan fingerprint density at radius 3 is 2.63 bits per heavy atom. The van der Waals surface area contributed by atoms with Crippen LogP contribution in [0.4, 0.5) is 5.69 Å². The van der Waals surface area contributed by atoms with Crippen molar-refractivity contribution >= 4 is 62.4 Å². The van der Waals surface area contributed by atoms with E-state index in [1.54, 1.807) is 19.2 Å². The lowest BCUT2D eigenvalue weighted by Gasteiger charge is -2.14. The van der Waals surface area contributed by atoms with Gasteiger partial charge in [0.25, 0.3) is 5.91 Å². The summed E-state index contributed by atoms with van der Waals surface area (Å²) in [5.41, 5.74) is 3.97. The molecule has 0 spiro atoms. The minimum atomic E-state index is -0.133. The van der Waals surface area contributed by atoms with E-state index in [0.717, 1.165) is 22.4 Å². The van der Waals surface area contributed by atoms with Crippen LogP contribution in [0.2, 0.25) is 10.0 Å². The molecule has 0 saturated heterocycles. The van der Waals surface area contributed by atoms with Crippen LogP contribution in [-0.4, -0.2) is 13.0 Å². The number of nitrogens with one attached hydrogen (secondary N) is 1. The fraction of sp³-hybridized carbons (Fsp3) is 0.0870. The van der Waals surface area contributed by atoms with Crippen molar-refractivity contribution in [3.05, 3.63) is 85.8 Å². The number of methoxy groups -OCH3 is 1. The van der Waals surface area contributed by atoms with Crippen LogP contribution in [0.3, 0.4) is 0 Å². The molecule has 1 heterocycles. The summed E-state index contributed by atoms with van der Waals surface area (Å²) in [7, 11) is 1.57. The standard InChI is InChI=1S/C23H16BrCl2NO3/c1-29-21-11-14(8-16-15-4-2-3-5-20(15)27-23(16)28)9-17(24)22(21)30-12-13-6-7-18(25)19(26)10-13/h2-11H,12H2,1H3,(H,27,28)/b16-8-. The van der Waals surface area contributed by atoms with E-state index in [1.165, 1.54) is 0 Å². The maximum Gasteiger partial charge on any atom is 0.256 e. The molecule has 3 aromatic carbocycles. The number of hydrogen-bond donors (Lipinski definition) is 1. The van der Waals surface area contributed by atoms with Gasteiger partial charge in [-0.3, -0.25) is 4.79 Å². The Balaban J connectivity index is 1.63. The fourth-order valence-corrected chi connectivity index (χ4v) is 4.09. The second kappa shape index (κ2) is 8.72. The van der Waals surface area contributed by atoms with Crippen molar-refractivity contribution in [2.45, 2.75) is 6.61 Å². The molecular weight excluding hydrogens is 489 g/mol. The second-order valence-electron chi connectivity index (χ2n) is 6.63. The number of amides is 1. The van der Waals surface area contributed by atoms with Gasteiger partial charge in [0.05, 0.1) is 21.6 Å². The van der Waals surface area contributed by atoms with Gasteiger partial charge in [0.15, 0.2) is 11.5 Å². The van der Waals surface area contributed by atoms with E-state index in [0.29, 0.717) is 38.2 Å². The van der Waals surface area contributed by atoms with Gasteiger partial charge in [0, 0.05) is 16.8 Å². The smallest absolute Gasteiger partial charge is 0.256 e. The zero-order chi connectivity index (χ0) is 21.3. The highest BCUT2D eigenvalue weighted by Crippen LogP contribution is 2.39. The van der Waals surface area contributed by atoms with E-state index >= 15 is 0 Å². The molecule has 0 aromatic heterocycles. The van der Waals surface area contributed by atoms with Gasteiger partial charge in [-0.1, -0.05) is 47.5 Å². The van der Waals surface area contributed by atoms with Gasteiger partial charge in [0.1, 0.15) is 6.61 Å². The van der Waals surface area contributed by atoms with Gasteiger partial charge in [-0.25, -0.2) is 0 Å². The predicted octanol–water partition coefficient (Wildman–Crippen LogP) is 6.84. The van der Waals surface area contributed by atoms with E-state index in [4.69, 9.17) is 32.7 Å². The minimum absolute atomic E-state index is 0.133. The molecule has 1 aliphatic rings. The van der Waals surface area contributed by atoms with Crippen LogP contribution in [0.25, 0.3) is 11.6 Å². The molecule has 0 atom stereocenters. The van der Waals surface area contributed by atoms with Crippen LogP contribution in [0.1, 0.15) is 16.7 Å². The number of carbonyl (C=O) groups is 1. The first-order valence-corrected chi connectivity index (χ1v) is 10.6. The number of benzene rings is 3. The average Bonchev–Trinajstić information content (AvgIpc) is 3.04. The van der Waals surface area contributed by atoms with Crippen LogP contribution in [-0.2, 0) is 11.4 Å². The summed E-state index contributed by atoms with van der Waals surface area (Å²) in [5, 5.41) is 3.84. The average molecular weight is 505 g/mol. The van der Waals surface area contributed by atoms with Crippen molar-refractivity contribution in [1.82, 2.24) is 0 Å². The molecule has 0 radical (unpaired) electrons. The second-order valence-corrected chi connectivity index (χ2v) is 8.30. The summed E-state index contributed by atoms with van der Waals surface area (Å²) in [5.74, 6) is 0.969. The Bertz CT molecular complexity index is 1180. The van der Waals surface area contributed by atoms with Crippen LogP contribution in [0.5, 0.6) is 11.5 Å². The molecule has 4 nitrogen and oxygen atoms in total. The lowest BCUT2D eigenvalue weighted by molar-refractivity contribution is -0.110. The number of ether oxygens (including phenoxy) is 2. The Morgan fingerprint density at radius 2 is 1.87 bits per heavy atom. The summed E-state index contributed by atoms with van der Waals surface area (Å²) in [6.07, 6.45) is 1.83. The van der Waals surface area contributed by atoms with Gasteiger partial charge >= 0.3 is 0 Å². The Hall–Kier alpha value is -2.47. The lowest BCUT2D eigenvalue weighted by atomic mass is 10.0. The Labute approximate surface area is 192 Å². The summed E-state index contributed by atoms with van der Waals surface area (Å²) in [6, 6.07) is 16.6. The maximum absolute atomic E-state index is 12.4. The van der Waals surface area contributed by atoms with Gasteiger partial charge < -0.3 is 14.8 Å². The normalized spacial score (nSPS) is 13.9. The minimum Gasteiger partial charge on any atom is -0.493 e. The van der Waals surface area contributed by atoms with Crippen LogP contribution < -0.4 is 14.8 Å². The molecule has 1 amide bonds. The molecule has 4 rings (SSSR count). The number of rotatable bonds is 5. The van der Waals surface area contributed by atoms with E-state index in [2.05, 4.69) is 21.2 Å². The third-order valence-corrected chi connectivity index (χ3v) is 5.97. The van der Waals surface area contributed by atoms with Gasteiger partial charge in [-0.15, -0.1) is 0 Å². The molecule has 30 heavy (non-hydrogen) atoms. The number of hydrogen-bond acceptors (Lipinski definition) is 3. The lowest BCUT2D eigenvalue weighted by Crippen LogP contribution is -2.03. The van der Waals surface area contributed by atoms with Crippen molar-refractivity contribution in [2.24, 2.45) is 0 Å². The summed E-state index contributed by atoms with van der Waals surface area (Å²) in [6.45, 7) is 0.294. The first-order valence-electron chi connectivity index (χ1n) is 9.03. The SMILES string of the molecule is COc1cc(/C=C2\C(=O)Nc3ccccc32)cc(Br)c1OCc1ccc(Cl)c(Cl)c1. The van der Waals surface area contributed by atoms with E-state index in [1.807, 2.05) is 48.5 Å². The molecule has 7 heteroatoms. The number of halogens is 3. The molecule has 1 N–H and O–H groups in total. The first kappa shape index (κ1) is 20.8. The third-order valence-electron chi connectivity index (χ3n) is 4.64. The Kier molecular flexibility index (Phi) is 6.04. The monoisotopic (exact) mass is 503 g/mol. The van der Waals surface area contributed by atoms with Crippen LogP contribution >= 0.6 is 39.1 Å². The van der Waals surface area contributed by atoms with Gasteiger partial charge in [-0.2, -0.15) is 0 Å². The van der Waals surface area contributed by atoms with Crippen molar-refractivity contribution in [2.75, 3.05) is 12.4 Å². The largest absolute Gasteiger partial charge is 0.493 e. The number of fused-ring (bicyclic) bond motifs is 1. The predicted molar refractivity (Wildman–Crippen MR) is 124 cm³/mol. The molecular formula is C23H16BrCl2NO3. The molecule has 0 saturated carbocycles. The topological polar surface area (TPSA) is 47.6 Å². The summed E-state index contributed by atoms with van der Waals surface area (Å²) < 4.78 is 12.2. The fourth-order valence-electron chi connectivity index (χ4n) is 3.20. The van der Waals surface area contributed by atoms with Crippen LogP contribution in [0, 0.1) is 0 Å². The molecule has 0 fully saturated rings. The van der Waals surface area contributed by atoms with Crippen LogP contribution in [0.15, 0.2) is 59.1 Å². The quantitative estimate of drug-likeness (QED) is 0.387. The molecule has 3 aromatic rings. The van der Waals surface area contributed by atoms with Crippen molar-refractivity contribution in [3.8, 4) is 11.5 Å². The van der Waals surface area contributed by atoms with Gasteiger partial charge in [0.2, 0.25) is 0 Å². The molecule has 152 valence electrons. The highest BCUT2D eigenvalue weighted by atomic mass is 79.9. The van der Waals surface area contributed by atoms with E-state index in [9.17, 15) is 4.79 Å². The molecule has 1 aliphatic heterocycles. The summed E-state index contributed by atoms with van der Waals surface area (Å²) in [4.78, 5) is 12.4. The molecule has 0 bridgehead atoms. The zero-order valence-corrected chi connectivity index (χ0v) is 18.9. The van der Waals surface area contributed by atoms with Crippen molar-refractivity contribution < 1.29 is 14.3 Å². The van der Waals surface area contributed by atoms with Gasteiger partial charge in [-0.05, 0) is 63.5 Å².